The molecule has 1 rings (SSSR count). The molecule has 0 aromatic carbocycles. The molecule has 1 fully saturated rings. The minimum Gasteiger partial charge on any atom is -0.381 e. The number of hydrogen-bond acceptors (Lipinski definition) is 1. The normalized spacial score (nSPS) is 31.0. The smallest absolute Gasteiger partial charge is 0.337 e. The summed E-state index contributed by atoms with van der Waals surface area (Å²) >= 11 is 0. The zero-order valence-corrected chi connectivity index (χ0v) is 8.14. The first-order valence-electron chi connectivity index (χ1n) is 3.61. The molecule has 0 radical (unpaired) electrons. The second-order valence-corrected chi connectivity index (χ2v) is 6.81. The van der Waals surface area contributed by atoms with Crippen molar-refractivity contribution in [1.82, 2.24) is 4.57 Å². The molecule has 1 heterocycles. The molecule has 0 bridgehead atoms. The molecular weight excluding hydrogens is 128 g/mol. The van der Waals surface area contributed by atoms with Crippen LogP contribution in [0, 0.1) is 0 Å². The van der Waals surface area contributed by atoms with Crippen LogP contribution in [0.15, 0.2) is 0 Å². The van der Waals surface area contributed by atoms with Gasteiger partial charge in [0.15, 0.2) is 0 Å². The van der Waals surface area contributed by atoms with E-state index in [1.807, 2.05) is 0 Å². The highest BCUT2D eigenvalue weighted by Gasteiger charge is 2.23. The quantitative estimate of drug-likeness (QED) is 0.411. The minimum absolute atomic E-state index is 0.0316. The van der Waals surface area contributed by atoms with Gasteiger partial charge in [-0.05, 0) is 7.05 Å². The SMILES string of the molecule is CN1CCC[N+](C)(C)[SiH2]1. The summed E-state index contributed by atoms with van der Waals surface area (Å²) in [5, 5.41) is 0. The first kappa shape index (κ1) is 7.25. The molecule has 2 nitrogen and oxygen atoms in total. The van der Waals surface area contributed by atoms with Crippen molar-refractivity contribution in [2.75, 3.05) is 34.2 Å². The van der Waals surface area contributed by atoms with Crippen molar-refractivity contribution in [3.8, 4) is 0 Å². The summed E-state index contributed by atoms with van der Waals surface area (Å²) in [5.74, 6) is 0. The maximum absolute atomic E-state index is 2.53. The Hall–Kier alpha value is 0.137. The van der Waals surface area contributed by atoms with Gasteiger partial charge >= 0.3 is 9.84 Å². The van der Waals surface area contributed by atoms with Gasteiger partial charge in [0.25, 0.3) is 0 Å². The Bertz CT molecular complexity index is 103. The Morgan fingerprint density at radius 2 is 2.11 bits per heavy atom. The third-order valence-corrected chi connectivity index (χ3v) is 3.81. The van der Waals surface area contributed by atoms with Crippen molar-refractivity contribution < 1.29 is 4.15 Å². The molecule has 9 heavy (non-hydrogen) atoms. The van der Waals surface area contributed by atoms with Crippen molar-refractivity contribution >= 4 is 9.84 Å². The fourth-order valence-electron chi connectivity index (χ4n) is 1.56. The topological polar surface area (TPSA) is 3.24 Å². The van der Waals surface area contributed by atoms with E-state index in [0.29, 0.717) is 0 Å². The van der Waals surface area contributed by atoms with Crippen LogP contribution in [0.3, 0.4) is 0 Å². The first-order valence-corrected chi connectivity index (χ1v) is 4.87. The van der Waals surface area contributed by atoms with E-state index in [2.05, 4.69) is 25.7 Å². The molecular formula is C6H17N2Si+. The molecule has 0 aliphatic carbocycles. The fourth-order valence-corrected chi connectivity index (χ4v) is 3.60. The average Bonchev–Trinajstić information content (AvgIpc) is 1.60. The molecule has 3 heteroatoms. The van der Waals surface area contributed by atoms with E-state index in [1.165, 1.54) is 23.7 Å². The molecule has 0 aromatic rings. The highest BCUT2D eigenvalue weighted by molar-refractivity contribution is 6.22. The number of hydrogen-bond donors (Lipinski definition) is 0. The monoisotopic (exact) mass is 145 g/mol. The van der Waals surface area contributed by atoms with Gasteiger partial charge in [0.05, 0.1) is 20.6 Å². The predicted molar refractivity (Wildman–Crippen MR) is 42.8 cm³/mol. The Morgan fingerprint density at radius 3 is 2.44 bits per heavy atom. The van der Waals surface area contributed by atoms with Gasteiger partial charge in [-0.1, -0.05) is 0 Å². The summed E-state index contributed by atoms with van der Waals surface area (Å²) in [4.78, 5) is 0. The van der Waals surface area contributed by atoms with Crippen LogP contribution < -0.4 is 0 Å². The molecule has 1 saturated heterocycles. The molecule has 0 aromatic heterocycles. The Balaban J connectivity index is 2.41. The molecule has 0 atom stereocenters. The van der Waals surface area contributed by atoms with Crippen LogP contribution >= 0.6 is 0 Å². The zero-order chi connectivity index (χ0) is 6.91. The first-order chi connectivity index (χ1) is 4.10. The van der Waals surface area contributed by atoms with Crippen LogP contribution in [0.2, 0.25) is 0 Å². The van der Waals surface area contributed by atoms with E-state index in [9.17, 15) is 0 Å². The summed E-state index contributed by atoms with van der Waals surface area (Å²) in [7, 11) is 6.99. The second kappa shape index (κ2) is 2.40. The zero-order valence-electron chi connectivity index (χ0n) is 6.72. The lowest BCUT2D eigenvalue weighted by molar-refractivity contribution is -0.786. The molecule has 0 unspecified atom stereocenters. The summed E-state index contributed by atoms with van der Waals surface area (Å²) in [6, 6.07) is 0. The number of quaternary nitrogens is 1. The predicted octanol–water partition coefficient (Wildman–Crippen LogP) is -0.603. The van der Waals surface area contributed by atoms with Crippen molar-refractivity contribution in [2.45, 2.75) is 6.42 Å². The van der Waals surface area contributed by atoms with Crippen LogP contribution in [-0.2, 0) is 0 Å². The van der Waals surface area contributed by atoms with Crippen molar-refractivity contribution in [1.29, 1.82) is 0 Å². The average molecular weight is 145 g/mol. The van der Waals surface area contributed by atoms with E-state index in [4.69, 9.17) is 0 Å². The van der Waals surface area contributed by atoms with E-state index in [0.717, 1.165) is 0 Å². The summed E-state index contributed by atoms with van der Waals surface area (Å²) in [5.41, 5.74) is 0. The van der Waals surface area contributed by atoms with Crippen molar-refractivity contribution in [2.24, 2.45) is 0 Å². The van der Waals surface area contributed by atoms with Gasteiger partial charge in [0, 0.05) is 13.0 Å². The van der Waals surface area contributed by atoms with Crippen LogP contribution in [0.5, 0.6) is 0 Å². The Morgan fingerprint density at radius 1 is 1.44 bits per heavy atom. The summed E-state index contributed by atoms with van der Waals surface area (Å²) in [6.45, 7) is 2.74. The lowest BCUT2D eigenvalue weighted by atomic mass is 10.4. The van der Waals surface area contributed by atoms with Gasteiger partial charge in [-0.2, -0.15) is 0 Å². The standard InChI is InChI=1S/C6H17N2Si/c1-7-5-4-6-8(2,3)9-7/h4-6,9H2,1-3H3/q+1. The Labute approximate surface area is 60.0 Å². The number of nitrogens with zero attached hydrogens (tertiary/aromatic N) is 2. The van der Waals surface area contributed by atoms with Crippen molar-refractivity contribution in [3.63, 3.8) is 0 Å². The van der Waals surface area contributed by atoms with Crippen LogP contribution in [0.25, 0.3) is 0 Å². The second-order valence-electron chi connectivity index (χ2n) is 3.73. The van der Waals surface area contributed by atoms with Crippen LogP contribution in [0.1, 0.15) is 6.42 Å². The third kappa shape index (κ3) is 2.08. The number of rotatable bonds is 0. The van der Waals surface area contributed by atoms with Crippen molar-refractivity contribution in [3.05, 3.63) is 0 Å². The van der Waals surface area contributed by atoms with Gasteiger partial charge in [-0.15, -0.1) is 0 Å². The third-order valence-electron chi connectivity index (χ3n) is 1.93. The van der Waals surface area contributed by atoms with Gasteiger partial charge in [-0.25, -0.2) is 0 Å². The van der Waals surface area contributed by atoms with E-state index < -0.39 is 0 Å². The fraction of sp³-hybridized carbons (Fsp3) is 1.00. The maximum Gasteiger partial charge on any atom is 0.337 e. The lowest BCUT2D eigenvalue weighted by Crippen LogP contribution is -2.55. The molecule has 1 aliphatic rings. The highest BCUT2D eigenvalue weighted by atomic mass is 28.2. The van der Waals surface area contributed by atoms with Gasteiger partial charge < -0.3 is 4.15 Å². The van der Waals surface area contributed by atoms with E-state index in [1.54, 1.807) is 0 Å². The molecule has 0 saturated carbocycles. The Kier molecular flexibility index (Phi) is 1.93. The van der Waals surface area contributed by atoms with Crippen LogP contribution in [0.4, 0.5) is 0 Å². The largest absolute Gasteiger partial charge is 0.381 e. The highest BCUT2D eigenvalue weighted by Crippen LogP contribution is 2.05. The summed E-state index contributed by atoms with van der Waals surface area (Å²) < 4.78 is 3.83. The van der Waals surface area contributed by atoms with E-state index >= 15 is 0 Å². The van der Waals surface area contributed by atoms with Gasteiger partial charge in [0.2, 0.25) is 0 Å². The molecule has 0 N–H and O–H groups in total. The van der Waals surface area contributed by atoms with E-state index in [-0.39, 0.29) is 9.84 Å². The molecule has 0 amide bonds. The van der Waals surface area contributed by atoms with Gasteiger partial charge in [0.1, 0.15) is 0 Å². The van der Waals surface area contributed by atoms with Gasteiger partial charge in [-0.3, -0.25) is 4.57 Å². The minimum atomic E-state index is 0.0316. The molecule has 0 spiro atoms. The summed E-state index contributed by atoms with van der Waals surface area (Å²) in [6.07, 6.45) is 1.39. The maximum atomic E-state index is 2.53. The molecule has 1 aliphatic heterocycles. The molecule has 54 valence electrons. The lowest BCUT2D eigenvalue weighted by Gasteiger charge is -2.38. The van der Waals surface area contributed by atoms with Crippen LogP contribution in [-0.4, -0.2) is 52.8 Å².